The summed E-state index contributed by atoms with van der Waals surface area (Å²) in [7, 11) is 1.35. The molecule has 118 valence electrons. The van der Waals surface area contributed by atoms with Crippen LogP contribution in [0.15, 0.2) is 48.8 Å². The highest BCUT2D eigenvalue weighted by molar-refractivity contribution is 6.02. The number of aromatic nitrogens is 1. The quantitative estimate of drug-likeness (QED) is 0.681. The average Bonchev–Trinajstić information content (AvgIpc) is 2.57. The van der Waals surface area contributed by atoms with E-state index >= 15 is 0 Å². The number of aryl methyl sites for hydroxylation is 1. The van der Waals surface area contributed by atoms with Gasteiger partial charge in [-0.2, -0.15) is 0 Å². The van der Waals surface area contributed by atoms with E-state index in [1.807, 2.05) is 25.1 Å². The van der Waals surface area contributed by atoms with Gasteiger partial charge in [-0.15, -0.1) is 0 Å². The van der Waals surface area contributed by atoms with Gasteiger partial charge < -0.3 is 10.1 Å². The van der Waals surface area contributed by atoms with Gasteiger partial charge in [-0.1, -0.05) is 18.2 Å². The zero-order valence-corrected chi connectivity index (χ0v) is 13.1. The summed E-state index contributed by atoms with van der Waals surface area (Å²) >= 11 is 0. The number of ether oxygens (including phenoxy) is 1. The molecule has 0 radical (unpaired) electrons. The van der Waals surface area contributed by atoms with Crippen LogP contribution in [0.5, 0.6) is 0 Å². The molecule has 1 amide bonds. The lowest BCUT2D eigenvalue weighted by Crippen LogP contribution is -2.10. The minimum absolute atomic E-state index is 0.172. The van der Waals surface area contributed by atoms with Crippen LogP contribution in [0, 0.1) is 6.92 Å². The van der Waals surface area contributed by atoms with E-state index < -0.39 is 0 Å². The first-order valence-corrected chi connectivity index (χ1v) is 7.14. The van der Waals surface area contributed by atoms with Crippen molar-refractivity contribution in [3.05, 3.63) is 65.5 Å². The first kappa shape index (κ1) is 16.4. The van der Waals surface area contributed by atoms with Gasteiger partial charge in [-0.05, 0) is 41.8 Å². The summed E-state index contributed by atoms with van der Waals surface area (Å²) in [5.74, 6) is -0.560. The zero-order valence-electron chi connectivity index (χ0n) is 13.1. The summed E-state index contributed by atoms with van der Waals surface area (Å²) in [4.78, 5) is 27.3. The van der Waals surface area contributed by atoms with Crippen molar-refractivity contribution in [2.75, 3.05) is 12.4 Å². The van der Waals surface area contributed by atoms with Gasteiger partial charge in [0.2, 0.25) is 5.91 Å². The highest BCUT2D eigenvalue weighted by atomic mass is 16.5. The Kier molecular flexibility index (Phi) is 5.63. The lowest BCUT2D eigenvalue weighted by molar-refractivity contribution is -0.139. The van der Waals surface area contributed by atoms with Crippen LogP contribution in [-0.2, 0) is 20.7 Å². The third-order valence-corrected chi connectivity index (χ3v) is 3.25. The van der Waals surface area contributed by atoms with Gasteiger partial charge in [0.25, 0.3) is 0 Å². The van der Waals surface area contributed by atoms with Gasteiger partial charge in [-0.3, -0.25) is 14.6 Å². The number of hydrogen-bond acceptors (Lipinski definition) is 4. The lowest BCUT2D eigenvalue weighted by atomic mass is 10.1. The van der Waals surface area contributed by atoms with E-state index in [1.165, 1.54) is 13.2 Å². The van der Waals surface area contributed by atoms with E-state index in [-0.39, 0.29) is 18.3 Å². The fourth-order valence-electron chi connectivity index (χ4n) is 1.97. The van der Waals surface area contributed by atoms with E-state index in [0.29, 0.717) is 5.69 Å². The average molecular weight is 310 g/mol. The molecule has 0 bridgehead atoms. The summed E-state index contributed by atoms with van der Waals surface area (Å²) in [5.41, 5.74) is 3.22. The Hall–Kier alpha value is -2.95. The van der Waals surface area contributed by atoms with E-state index in [9.17, 15) is 9.59 Å². The van der Waals surface area contributed by atoms with Crippen LogP contribution < -0.4 is 5.32 Å². The van der Waals surface area contributed by atoms with Gasteiger partial charge in [0, 0.05) is 24.2 Å². The Morgan fingerprint density at radius 3 is 2.83 bits per heavy atom. The number of carbonyl (C=O) groups is 2. The molecule has 0 aliphatic carbocycles. The molecule has 0 fully saturated rings. The van der Waals surface area contributed by atoms with Crippen LogP contribution in [0.25, 0.3) is 6.08 Å². The molecule has 1 aromatic heterocycles. The number of anilines is 1. The van der Waals surface area contributed by atoms with E-state index in [2.05, 4.69) is 15.0 Å². The van der Waals surface area contributed by atoms with Crippen LogP contribution in [0.3, 0.4) is 0 Å². The Balaban J connectivity index is 2.06. The van der Waals surface area contributed by atoms with E-state index in [4.69, 9.17) is 0 Å². The molecule has 1 heterocycles. The predicted molar refractivity (Wildman–Crippen MR) is 88.8 cm³/mol. The topological polar surface area (TPSA) is 68.3 Å². The minimum atomic E-state index is -0.317. The van der Waals surface area contributed by atoms with Gasteiger partial charge in [0.15, 0.2) is 0 Å². The number of carbonyl (C=O) groups excluding carboxylic acids is 2. The summed E-state index contributed by atoms with van der Waals surface area (Å²) in [6, 6.07) is 9.14. The van der Waals surface area contributed by atoms with Crippen molar-refractivity contribution in [2.24, 2.45) is 0 Å². The van der Waals surface area contributed by atoms with Crippen LogP contribution >= 0.6 is 0 Å². The summed E-state index contributed by atoms with van der Waals surface area (Å²) in [6.45, 7) is 1.89. The molecule has 0 spiro atoms. The number of amides is 1. The molecule has 0 aliphatic heterocycles. The fourth-order valence-corrected chi connectivity index (χ4v) is 1.97. The molecule has 0 saturated heterocycles. The number of pyridine rings is 1. The maximum Gasteiger partial charge on any atom is 0.309 e. The third-order valence-electron chi connectivity index (χ3n) is 3.25. The first-order valence-electron chi connectivity index (χ1n) is 7.14. The van der Waals surface area contributed by atoms with Gasteiger partial charge in [0.05, 0.1) is 13.5 Å². The lowest BCUT2D eigenvalue weighted by Gasteiger charge is -2.09. The molecule has 2 rings (SSSR count). The molecule has 23 heavy (non-hydrogen) atoms. The Labute approximate surface area is 135 Å². The molecular formula is C18H18N2O3. The van der Waals surface area contributed by atoms with Crippen LogP contribution in [-0.4, -0.2) is 24.0 Å². The molecule has 1 aromatic carbocycles. The van der Waals surface area contributed by atoms with Crippen molar-refractivity contribution in [2.45, 2.75) is 13.3 Å². The second kappa shape index (κ2) is 7.89. The van der Waals surface area contributed by atoms with E-state index in [0.717, 1.165) is 16.7 Å². The highest BCUT2D eigenvalue weighted by Crippen LogP contribution is 2.17. The Morgan fingerprint density at radius 1 is 1.30 bits per heavy atom. The molecule has 1 N–H and O–H groups in total. The number of esters is 1. The van der Waals surface area contributed by atoms with Crippen molar-refractivity contribution in [1.82, 2.24) is 4.98 Å². The molecule has 5 nitrogen and oxygen atoms in total. The second-order valence-electron chi connectivity index (χ2n) is 5.01. The monoisotopic (exact) mass is 310 g/mol. The predicted octanol–water partition coefficient (Wildman–Crippen LogP) is 2.76. The number of hydrogen-bond donors (Lipinski definition) is 1. The Bertz CT molecular complexity index is 724. The standard InChI is InChI=1S/C18H18N2O3/c1-13-5-6-15(11-18(22)23-2)10-16(13)20-17(21)8-7-14-4-3-9-19-12-14/h3-10,12H,11H2,1-2H3,(H,20,21)/b8-7+. The molecule has 0 atom stereocenters. The largest absolute Gasteiger partial charge is 0.469 e. The Morgan fingerprint density at radius 2 is 2.13 bits per heavy atom. The number of benzene rings is 1. The SMILES string of the molecule is COC(=O)Cc1ccc(C)c(NC(=O)/C=C/c2cccnc2)c1. The molecular weight excluding hydrogens is 292 g/mol. The fraction of sp³-hybridized carbons (Fsp3) is 0.167. The molecule has 0 aliphatic rings. The number of nitrogens with zero attached hydrogens (tertiary/aromatic N) is 1. The van der Waals surface area contributed by atoms with Crippen LogP contribution in [0.1, 0.15) is 16.7 Å². The maximum atomic E-state index is 12.0. The van der Waals surface area contributed by atoms with Crippen molar-refractivity contribution < 1.29 is 14.3 Å². The molecule has 5 heteroatoms. The normalized spacial score (nSPS) is 10.5. The summed E-state index contributed by atoms with van der Waals surface area (Å²) in [5, 5.41) is 2.81. The van der Waals surface area contributed by atoms with Crippen molar-refractivity contribution in [1.29, 1.82) is 0 Å². The number of methoxy groups -OCH3 is 1. The highest BCUT2D eigenvalue weighted by Gasteiger charge is 2.07. The first-order chi connectivity index (χ1) is 11.1. The molecule has 0 saturated carbocycles. The second-order valence-corrected chi connectivity index (χ2v) is 5.01. The molecule has 0 unspecified atom stereocenters. The van der Waals surface area contributed by atoms with Crippen molar-refractivity contribution in [3.63, 3.8) is 0 Å². The maximum absolute atomic E-state index is 12.0. The third kappa shape index (κ3) is 5.07. The number of rotatable bonds is 5. The van der Waals surface area contributed by atoms with Gasteiger partial charge in [0.1, 0.15) is 0 Å². The van der Waals surface area contributed by atoms with Gasteiger partial charge in [-0.25, -0.2) is 0 Å². The minimum Gasteiger partial charge on any atom is -0.469 e. The zero-order chi connectivity index (χ0) is 16.7. The van der Waals surface area contributed by atoms with Gasteiger partial charge >= 0.3 is 5.97 Å². The molecule has 2 aromatic rings. The summed E-state index contributed by atoms with van der Waals surface area (Å²) < 4.78 is 4.65. The van der Waals surface area contributed by atoms with Crippen LogP contribution in [0.4, 0.5) is 5.69 Å². The number of nitrogens with one attached hydrogen (secondary N) is 1. The van der Waals surface area contributed by atoms with Crippen molar-refractivity contribution >= 4 is 23.6 Å². The summed E-state index contributed by atoms with van der Waals surface area (Å²) in [6.07, 6.45) is 6.66. The smallest absolute Gasteiger partial charge is 0.309 e. The van der Waals surface area contributed by atoms with Crippen molar-refractivity contribution in [3.8, 4) is 0 Å². The van der Waals surface area contributed by atoms with Crippen LogP contribution in [0.2, 0.25) is 0 Å². The van der Waals surface area contributed by atoms with E-state index in [1.54, 1.807) is 30.6 Å².